The fourth-order valence-corrected chi connectivity index (χ4v) is 3.12. The number of aliphatic hydroxyl groups excluding tert-OH is 1. The molecule has 1 atom stereocenters. The van der Waals surface area contributed by atoms with E-state index in [2.05, 4.69) is 5.32 Å². The van der Waals surface area contributed by atoms with Gasteiger partial charge in [-0.3, -0.25) is 4.79 Å². The number of hydrogen-bond acceptors (Lipinski definition) is 4. The molecule has 28 heavy (non-hydrogen) atoms. The Bertz CT molecular complexity index is 977. The molecule has 0 aliphatic rings. The number of amides is 1. The maximum atomic E-state index is 13.7. The van der Waals surface area contributed by atoms with Crippen molar-refractivity contribution >= 4 is 15.9 Å². The first-order valence-corrected chi connectivity index (χ1v) is 9.30. The fourth-order valence-electron chi connectivity index (χ4n) is 2.29. The van der Waals surface area contributed by atoms with Crippen molar-refractivity contribution in [3.05, 3.63) is 65.0 Å². The topological polar surface area (TPSA) is 95.5 Å². The van der Waals surface area contributed by atoms with Gasteiger partial charge in [-0.2, -0.15) is 13.2 Å². The van der Waals surface area contributed by atoms with Gasteiger partial charge in [0.25, 0.3) is 5.91 Å². The summed E-state index contributed by atoms with van der Waals surface area (Å²) in [7, 11) is -3.06. The van der Waals surface area contributed by atoms with Crippen molar-refractivity contribution in [1.29, 1.82) is 0 Å². The second-order valence-electron chi connectivity index (χ2n) is 5.70. The van der Waals surface area contributed by atoms with E-state index in [1.807, 2.05) is 4.72 Å². The van der Waals surface area contributed by atoms with E-state index in [9.17, 15) is 35.9 Å². The van der Waals surface area contributed by atoms with Crippen LogP contribution in [0.1, 0.15) is 27.6 Å². The van der Waals surface area contributed by atoms with Crippen LogP contribution < -0.4 is 10.0 Å². The minimum Gasteiger partial charge on any atom is -0.387 e. The first kappa shape index (κ1) is 21.8. The first-order valence-electron chi connectivity index (χ1n) is 7.82. The third-order valence-corrected chi connectivity index (χ3v) is 5.24. The first-order chi connectivity index (χ1) is 13.0. The van der Waals surface area contributed by atoms with Crippen LogP contribution in [-0.4, -0.2) is 33.0 Å². The maximum absolute atomic E-state index is 13.7. The van der Waals surface area contributed by atoms with Gasteiger partial charge in [-0.15, -0.1) is 0 Å². The molecule has 0 bridgehead atoms. The molecule has 11 heteroatoms. The molecule has 1 unspecified atom stereocenters. The Labute approximate surface area is 158 Å². The minimum atomic E-state index is -4.58. The van der Waals surface area contributed by atoms with Gasteiger partial charge in [0.05, 0.1) is 11.7 Å². The van der Waals surface area contributed by atoms with Gasteiger partial charge in [0.1, 0.15) is 10.7 Å². The number of carbonyl (C=O) groups excluding carboxylic acids is 1. The van der Waals surface area contributed by atoms with Crippen LogP contribution in [-0.2, 0) is 16.2 Å². The van der Waals surface area contributed by atoms with E-state index in [4.69, 9.17) is 0 Å². The van der Waals surface area contributed by atoms with Crippen LogP contribution in [0.5, 0.6) is 0 Å². The van der Waals surface area contributed by atoms with Crippen molar-refractivity contribution in [2.24, 2.45) is 0 Å². The Morgan fingerprint density at radius 3 is 2.46 bits per heavy atom. The Balaban J connectivity index is 2.13. The number of alkyl halides is 3. The number of rotatable bonds is 6. The van der Waals surface area contributed by atoms with Crippen LogP contribution in [0.3, 0.4) is 0 Å². The molecule has 0 aromatic heterocycles. The monoisotopic (exact) mass is 420 g/mol. The SMILES string of the molecule is CNS(=O)(=O)c1cc(C(=O)NCC(O)c2cccc(C(F)(F)F)c2)ccc1F. The molecule has 0 aliphatic carbocycles. The van der Waals surface area contributed by atoms with Gasteiger partial charge in [0.2, 0.25) is 10.0 Å². The van der Waals surface area contributed by atoms with Crippen molar-refractivity contribution < 1.29 is 35.9 Å². The summed E-state index contributed by atoms with van der Waals surface area (Å²) in [5.74, 6) is -1.89. The van der Waals surface area contributed by atoms with E-state index in [1.165, 1.54) is 6.07 Å². The smallest absolute Gasteiger partial charge is 0.387 e. The second kappa shape index (κ2) is 8.25. The average Bonchev–Trinajstić information content (AvgIpc) is 2.65. The van der Waals surface area contributed by atoms with E-state index >= 15 is 0 Å². The van der Waals surface area contributed by atoms with Gasteiger partial charge in [-0.05, 0) is 42.9 Å². The number of nitrogens with one attached hydrogen (secondary N) is 2. The number of sulfonamides is 1. The molecule has 0 radical (unpaired) electrons. The molecule has 0 fully saturated rings. The average molecular weight is 420 g/mol. The van der Waals surface area contributed by atoms with Crippen molar-refractivity contribution in [2.45, 2.75) is 17.2 Å². The summed E-state index contributed by atoms with van der Waals surface area (Å²) in [5.41, 5.74) is -1.21. The Hall–Kier alpha value is -2.50. The molecule has 152 valence electrons. The van der Waals surface area contributed by atoms with Gasteiger partial charge in [0, 0.05) is 12.1 Å². The Morgan fingerprint density at radius 2 is 1.86 bits per heavy atom. The van der Waals surface area contributed by atoms with Crippen LogP contribution in [0, 0.1) is 5.82 Å². The molecule has 2 aromatic rings. The molecule has 2 rings (SSSR count). The van der Waals surface area contributed by atoms with E-state index < -0.39 is 51.0 Å². The largest absolute Gasteiger partial charge is 0.416 e. The summed E-state index contributed by atoms with van der Waals surface area (Å²) in [4.78, 5) is 11.4. The molecule has 6 nitrogen and oxygen atoms in total. The van der Waals surface area contributed by atoms with Crippen molar-refractivity contribution in [3.8, 4) is 0 Å². The fraction of sp³-hybridized carbons (Fsp3) is 0.235. The molecule has 3 N–H and O–H groups in total. The summed E-state index contributed by atoms with van der Waals surface area (Å²) < 4.78 is 77.3. The molecule has 2 aromatic carbocycles. The van der Waals surface area contributed by atoms with Crippen LogP contribution in [0.2, 0.25) is 0 Å². The maximum Gasteiger partial charge on any atom is 0.416 e. The predicted molar refractivity (Wildman–Crippen MR) is 91.4 cm³/mol. The minimum absolute atomic E-state index is 0.0623. The molecule has 1 amide bonds. The second-order valence-corrected chi connectivity index (χ2v) is 7.56. The Morgan fingerprint density at radius 1 is 1.18 bits per heavy atom. The van der Waals surface area contributed by atoms with E-state index in [0.29, 0.717) is 0 Å². The molecule has 0 spiro atoms. The third-order valence-electron chi connectivity index (χ3n) is 3.81. The number of halogens is 4. The molecule has 0 saturated heterocycles. The zero-order valence-corrected chi connectivity index (χ0v) is 15.2. The van der Waals surface area contributed by atoms with Crippen LogP contribution in [0.4, 0.5) is 17.6 Å². The molecule has 0 aliphatic heterocycles. The van der Waals surface area contributed by atoms with Gasteiger partial charge in [-0.25, -0.2) is 17.5 Å². The van der Waals surface area contributed by atoms with Crippen molar-refractivity contribution in [2.75, 3.05) is 13.6 Å². The molecular formula is C17H16F4N2O4S. The van der Waals surface area contributed by atoms with Gasteiger partial charge < -0.3 is 10.4 Å². The standard InChI is InChI=1S/C17H16F4N2O4S/c1-22-28(26,27)15-8-11(5-6-13(15)18)16(25)23-9-14(24)10-3-2-4-12(7-10)17(19,20)21/h2-8,14,22,24H,9H2,1H3,(H,23,25). The lowest BCUT2D eigenvalue weighted by Gasteiger charge is -2.15. The quantitative estimate of drug-likeness (QED) is 0.625. The van der Waals surface area contributed by atoms with Gasteiger partial charge in [-0.1, -0.05) is 12.1 Å². The molecular weight excluding hydrogens is 404 g/mol. The zero-order chi connectivity index (χ0) is 21.1. The van der Waals surface area contributed by atoms with Crippen molar-refractivity contribution in [3.63, 3.8) is 0 Å². The summed E-state index contributed by atoms with van der Waals surface area (Å²) in [6, 6.07) is 6.63. The molecule has 0 saturated carbocycles. The number of aliphatic hydroxyl groups is 1. The normalized spacial score (nSPS) is 13.2. The van der Waals surface area contributed by atoms with Crippen molar-refractivity contribution in [1.82, 2.24) is 10.0 Å². The van der Waals surface area contributed by atoms with E-state index in [1.54, 1.807) is 0 Å². The molecule has 0 heterocycles. The predicted octanol–water partition coefficient (Wildman–Crippen LogP) is 2.22. The van der Waals surface area contributed by atoms with E-state index in [-0.39, 0.29) is 11.1 Å². The highest BCUT2D eigenvalue weighted by Crippen LogP contribution is 2.30. The number of carbonyl (C=O) groups is 1. The number of benzene rings is 2. The highest BCUT2D eigenvalue weighted by atomic mass is 32.2. The van der Waals surface area contributed by atoms with Gasteiger partial charge >= 0.3 is 6.18 Å². The van der Waals surface area contributed by atoms with Crippen LogP contribution in [0.15, 0.2) is 47.4 Å². The summed E-state index contributed by atoms with van der Waals surface area (Å²) in [5, 5.41) is 12.3. The van der Waals surface area contributed by atoms with Crippen LogP contribution in [0.25, 0.3) is 0 Å². The Kier molecular flexibility index (Phi) is 6.42. The number of hydrogen-bond donors (Lipinski definition) is 3. The highest BCUT2D eigenvalue weighted by Gasteiger charge is 2.31. The zero-order valence-electron chi connectivity index (χ0n) is 14.4. The summed E-state index contributed by atoms with van der Waals surface area (Å²) in [6.45, 7) is -0.439. The lowest BCUT2D eigenvalue weighted by Crippen LogP contribution is -2.29. The van der Waals surface area contributed by atoms with E-state index in [0.717, 1.165) is 43.4 Å². The summed E-state index contributed by atoms with van der Waals surface area (Å²) >= 11 is 0. The lowest BCUT2D eigenvalue weighted by molar-refractivity contribution is -0.137. The van der Waals surface area contributed by atoms with Crippen LogP contribution >= 0.6 is 0 Å². The lowest BCUT2D eigenvalue weighted by atomic mass is 10.1. The highest BCUT2D eigenvalue weighted by molar-refractivity contribution is 7.89. The van der Waals surface area contributed by atoms with Gasteiger partial charge in [0.15, 0.2) is 0 Å². The summed E-state index contributed by atoms with van der Waals surface area (Å²) in [6.07, 6.45) is -6.02. The third kappa shape index (κ3) is 5.06.